The third-order valence-corrected chi connectivity index (χ3v) is 11.1. The second-order valence-corrected chi connectivity index (χ2v) is 14.6. The van der Waals surface area contributed by atoms with Crippen molar-refractivity contribution in [3.8, 4) is 27.2 Å². The number of hydrogen-bond acceptors (Lipinski definition) is 8. The lowest BCUT2D eigenvalue weighted by Crippen LogP contribution is -2.42. The molecule has 2 aliphatic carbocycles. The first-order valence-corrected chi connectivity index (χ1v) is 16.5. The molecule has 6 rings (SSSR count). The number of halogens is 2. The number of anilines is 1. The molecule has 1 amide bonds. The van der Waals surface area contributed by atoms with Crippen LogP contribution in [0.15, 0.2) is 36.5 Å². The highest BCUT2D eigenvalue weighted by Crippen LogP contribution is 2.47. The Morgan fingerprint density at radius 2 is 1.85 bits per heavy atom. The van der Waals surface area contributed by atoms with Gasteiger partial charge in [0.05, 0.1) is 34.3 Å². The summed E-state index contributed by atoms with van der Waals surface area (Å²) in [6.45, 7) is 1.10. The maximum Gasteiger partial charge on any atom is 0.225 e. The van der Waals surface area contributed by atoms with Crippen LogP contribution in [0.5, 0.6) is 0 Å². The fraction of sp³-hybridized carbons (Fsp3) is 0.448. The molecule has 1 saturated heterocycles. The molecule has 0 bridgehead atoms. The number of carbonyl (C=O) groups excluding carboxylic acids is 1. The average molecular weight is 600 g/mol. The summed E-state index contributed by atoms with van der Waals surface area (Å²) >= 11 is 1.27. The fourth-order valence-electron chi connectivity index (χ4n) is 5.76. The Morgan fingerprint density at radius 3 is 2.51 bits per heavy atom. The molecular formula is C29H31F2N5O3S2. The molecule has 1 aliphatic heterocycles. The van der Waals surface area contributed by atoms with Crippen molar-refractivity contribution < 1.29 is 22.7 Å². The number of rotatable bonds is 6. The minimum atomic E-state index is -2.50. The highest BCUT2D eigenvalue weighted by molar-refractivity contribution is 8.24. The number of hydrogen-bond donors (Lipinski definition) is 3. The summed E-state index contributed by atoms with van der Waals surface area (Å²) in [5, 5.41) is 12.8. The summed E-state index contributed by atoms with van der Waals surface area (Å²) in [7, 11) is -2.50. The Bertz CT molecular complexity index is 1490. The number of amides is 1. The van der Waals surface area contributed by atoms with Gasteiger partial charge in [-0.2, -0.15) is 15.9 Å². The summed E-state index contributed by atoms with van der Waals surface area (Å²) in [6.07, 6.45) is 5.47. The zero-order valence-electron chi connectivity index (χ0n) is 22.4. The molecule has 3 aromatic rings. The number of benzene rings is 1. The molecule has 0 spiro atoms. The summed E-state index contributed by atoms with van der Waals surface area (Å²) in [6, 6.07) is 10.9. The Labute approximate surface area is 242 Å². The molecule has 12 heteroatoms. The van der Waals surface area contributed by atoms with Gasteiger partial charge in [-0.3, -0.25) is 13.9 Å². The number of nitrogens with one attached hydrogen (secondary N) is 1. The van der Waals surface area contributed by atoms with Gasteiger partial charge in [0.25, 0.3) is 0 Å². The Hall–Kier alpha value is -3.11. The van der Waals surface area contributed by atoms with E-state index in [1.54, 1.807) is 0 Å². The standard InChI is InChI=1S/C29H31F2N5O3S2/c30-19-15-23(31)25(33-16-19)28-34-24(21-3-1-2-4-22(21)27(37)35-29(17-32)9-10-29)26(40-28)18-5-7-20(8-6-18)36-11-13-41(38,39)14-12-36/h5-8,15-16,21-22,38-39H,1-4,9-14H2,(H,35,37)/t21-,22-/m1/s1. The third-order valence-electron chi connectivity index (χ3n) is 8.32. The van der Waals surface area contributed by atoms with Crippen molar-refractivity contribution in [3.63, 3.8) is 0 Å². The van der Waals surface area contributed by atoms with Gasteiger partial charge in [-0.15, -0.1) is 11.3 Å². The molecule has 3 N–H and O–H groups in total. The number of thiazole rings is 1. The molecule has 2 atom stereocenters. The van der Waals surface area contributed by atoms with Crippen molar-refractivity contribution in [2.45, 2.75) is 50.0 Å². The molecule has 8 nitrogen and oxygen atoms in total. The maximum absolute atomic E-state index is 14.8. The molecule has 41 heavy (non-hydrogen) atoms. The van der Waals surface area contributed by atoms with Crippen LogP contribution >= 0.6 is 21.9 Å². The molecule has 2 aromatic heterocycles. The van der Waals surface area contributed by atoms with Crippen LogP contribution in [0, 0.1) is 28.9 Å². The van der Waals surface area contributed by atoms with Crippen molar-refractivity contribution >= 4 is 33.5 Å². The highest BCUT2D eigenvalue weighted by atomic mass is 32.3. The van der Waals surface area contributed by atoms with Crippen LogP contribution in [0.4, 0.5) is 14.5 Å². The Balaban J connectivity index is 1.36. The van der Waals surface area contributed by atoms with Crippen LogP contribution in [0.3, 0.4) is 0 Å². The van der Waals surface area contributed by atoms with Gasteiger partial charge < -0.3 is 10.2 Å². The van der Waals surface area contributed by atoms with Gasteiger partial charge in [-0.1, -0.05) is 25.0 Å². The van der Waals surface area contributed by atoms with E-state index in [2.05, 4.69) is 21.3 Å². The van der Waals surface area contributed by atoms with Gasteiger partial charge in [-0.05, 0) is 43.4 Å². The van der Waals surface area contributed by atoms with Crippen molar-refractivity contribution in [3.05, 3.63) is 53.9 Å². The van der Waals surface area contributed by atoms with Gasteiger partial charge in [0.15, 0.2) is 5.82 Å². The van der Waals surface area contributed by atoms with Crippen LogP contribution in [0.1, 0.15) is 50.1 Å². The second kappa shape index (κ2) is 10.9. The lowest BCUT2D eigenvalue weighted by Gasteiger charge is -2.41. The molecule has 0 unspecified atom stereocenters. The first kappa shape index (κ1) is 28.0. The lowest BCUT2D eigenvalue weighted by atomic mass is 9.76. The molecule has 1 aromatic carbocycles. The van der Waals surface area contributed by atoms with E-state index in [0.29, 0.717) is 54.6 Å². The zero-order chi connectivity index (χ0) is 28.8. The number of nitriles is 1. The Morgan fingerprint density at radius 1 is 1.15 bits per heavy atom. The molecule has 3 aliphatic rings. The normalized spacial score (nSPS) is 23.8. The van der Waals surface area contributed by atoms with Crippen LogP contribution in [-0.4, -0.2) is 55.1 Å². The first-order valence-electron chi connectivity index (χ1n) is 13.8. The Kier molecular flexibility index (Phi) is 7.48. The predicted octanol–water partition coefficient (Wildman–Crippen LogP) is 6.17. The highest BCUT2D eigenvalue weighted by Gasteiger charge is 2.47. The van der Waals surface area contributed by atoms with Crippen LogP contribution in [0.25, 0.3) is 21.1 Å². The summed E-state index contributed by atoms with van der Waals surface area (Å²) in [5.74, 6) is -1.64. The fourth-order valence-corrected chi connectivity index (χ4v) is 8.13. The van der Waals surface area contributed by atoms with E-state index in [0.717, 1.165) is 47.7 Å². The van der Waals surface area contributed by atoms with Gasteiger partial charge in [-0.25, -0.2) is 18.7 Å². The second-order valence-electron chi connectivity index (χ2n) is 11.1. The van der Waals surface area contributed by atoms with Gasteiger partial charge in [0.2, 0.25) is 5.91 Å². The number of pyridine rings is 1. The molecule has 0 radical (unpaired) electrons. The number of carbonyl (C=O) groups is 1. The van der Waals surface area contributed by atoms with Gasteiger partial charge in [0, 0.05) is 36.7 Å². The predicted molar refractivity (Wildman–Crippen MR) is 156 cm³/mol. The number of nitrogens with zero attached hydrogens (tertiary/aromatic N) is 4. The van der Waals surface area contributed by atoms with Crippen molar-refractivity contribution in [1.29, 1.82) is 5.26 Å². The van der Waals surface area contributed by atoms with Crippen molar-refractivity contribution in [1.82, 2.24) is 15.3 Å². The topological polar surface area (TPSA) is 122 Å². The van der Waals surface area contributed by atoms with E-state index in [-0.39, 0.29) is 23.4 Å². The van der Waals surface area contributed by atoms with E-state index < -0.39 is 27.8 Å². The third kappa shape index (κ3) is 5.81. The summed E-state index contributed by atoms with van der Waals surface area (Å²) < 4.78 is 48.4. The van der Waals surface area contributed by atoms with Crippen molar-refractivity contribution in [2.24, 2.45) is 5.92 Å². The van der Waals surface area contributed by atoms with E-state index in [1.165, 1.54) is 11.3 Å². The van der Waals surface area contributed by atoms with Gasteiger partial charge in [0.1, 0.15) is 22.1 Å². The maximum atomic E-state index is 14.8. The molecule has 2 saturated carbocycles. The largest absolute Gasteiger partial charge is 0.368 e. The van der Waals surface area contributed by atoms with Gasteiger partial charge >= 0.3 is 0 Å². The molecule has 3 fully saturated rings. The van der Waals surface area contributed by atoms with E-state index in [4.69, 9.17) is 4.98 Å². The molecule has 3 heterocycles. The smallest absolute Gasteiger partial charge is 0.225 e. The summed E-state index contributed by atoms with van der Waals surface area (Å²) in [4.78, 5) is 25.2. The van der Waals surface area contributed by atoms with Crippen LogP contribution in [0.2, 0.25) is 0 Å². The molecular weight excluding hydrogens is 568 g/mol. The number of aromatic nitrogens is 2. The van der Waals surface area contributed by atoms with Crippen molar-refractivity contribution in [2.75, 3.05) is 29.5 Å². The van der Waals surface area contributed by atoms with Crippen LogP contribution < -0.4 is 10.2 Å². The quantitative estimate of drug-likeness (QED) is 0.310. The lowest BCUT2D eigenvalue weighted by molar-refractivity contribution is -0.127. The van der Waals surface area contributed by atoms with E-state index in [9.17, 15) is 27.9 Å². The van der Waals surface area contributed by atoms with E-state index in [1.807, 2.05) is 24.3 Å². The van der Waals surface area contributed by atoms with Crippen LogP contribution in [-0.2, 0) is 4.79 Å². The summed E-state index contributed by atoms with van der Waals surface area (Å²) in [5.41, 5.74) is 1.70. The monoisotopic (exact) mass is 599 g/mol. The molecule has 216 valence electrons. The minimum Gasteiger partial charge on any atom is -0.368 e. The van der Waals surface area contributed by atoms with E-state index >= 15 is 0 Å². The first-order chi connectivity index (χ1) is 19.7. The average Bonchev–Trinajstić information content (AvgIpc) is 3.60. The zero-order valence-corrected chi connectivity index (χ0v) is 24.0. The SMILES string of the molecule is N#CC1(NC(=O)[C@@H]2CCCC[C@H]2c2nc(-c3ncc(F)cc3F)sc2-c2ccc(N3CCS(O)(O)CC3)cc2)CC1. The minimum absolute atomic E-state index is 0.0361.